The Morgan fingerprint density at radius 2 is 1.78 bits per heavy atom. The summed E-state index contributed by atoms with van der Waals surface area (Å²) in [7, 11) is 0. The van der Waals surface area contributed by atoms with Gasteiger partial charge in [-0.3, -0.25) is 19.1 Å². The molecule has 0 bridgehead atoms. The summed E-state index contributed by atoms with van der Waals surface area (Å²) in [5.74, 6) is 0.375. The third kappa shape index (κ3) is 3.20. The summed E-state index contributed by atoms with van der Waals surface area (Å²) in [4.78, 5) is 33.2. The van der Waals surface area contributed by atoms with Gasteiger partial charge in [-0.25, -0.2) is 4.98 Å². The molecule has 2 aromatic heterocycles. The molecule has 1 amide bonds. The second-order valence-corrected chi connectivity index (χ2v) is 6.06. The molecule has 4 aromatic rings. The summed E-state index contributed by atoms with van der Waals surface area (Å²) in [6, 6.07) is 18.1. The van der Waals surface area contributed by atoms with Crippen molar-refractivity contribution in [3.05, 3.63) is 83.4 Å². The summed E-state index contributed by atoms with van der Waals surface area (Å²) in [6.07, 6.45) is 3.29. The molecule has 132 valence electrons. The second kappa shape index (κ2) is 6.84. The molecule has 4 rings (SSSR count). The fourth-order valence-corrected chi connectivity index (χ4v) is 2.96. The van der Waals surface area contributed by atoms with Gasteiger partial charge in [0.1, 0.15) is 5.82 Å². The monoisotopic (exact) mass is 356 g/mol. The van der Waals surface area contributed by atoms with Crippen molar-refractivity contribution in [1.29, 1.82) is 0 Å². The molecule has 2 heterocycles. The molecule has 0 aliphatic heterocycles. The van der Waals surface area contributed by atoms with Crippen LogP contribution in [-0.2, 0) is 4.79 Å². The summed E-state index contributed by atoms with van der Waals surface area (Å²) >= 11 is 0. The maximum absolute atomic E-state index is 13.2. The molecular weight excluding hydrogens is 340 g/mol. The van der Waals surface area contributed by atoms with E-state index in [4.69, 9.17) is 4.98 Å². The summed E-state index contributed by atoms with van der Waals surface area (Å²) in [5.41, 5.74) is 2.55. The van der Waals surface area contributed by atoms with Crippen LogP contribution in [0.5, 0.6) is 0 Å². The van der Waals surface area contributed by atoms with Crippen LogP contribution in [0.1, 0.15) is 6.92 Å². The van der Waals surface area contributed by atoms with E-state index >= 15 is 0 Å². The van der Waals surface area contributed by atoms with Gasteiger partial charge in [0.05, 0.1) is 22.8 Å². The van der Waals surface area contributed by atoms with Gasteiger partial charge in [0, 0.05) is 24.4 Å². The largest absolute Gasteiger partial charge is 0.326 e. The summed E-state index contributed by atoms with van der Waals surface area (Å²) in [6.45, 7) is 1.46. The smallest absolute Gasteiger partial charge is 0.266 e. The molecule has 6 nitrogen and oxygen atoms in total. The number of rotatable bonds is 3. The first-order valence-electron chi connectivity index (χ1n) is 8.44. The number of benzene rings is 2. The molecule has 0 saturated heterocycles. The van der Waals surface area contributed by atoms with Crippen molar-refractivity contribution in [2.75, 3.05) is 5.32 Å². The normalized spacial score (nSPS) is 10.7. The Morgan fingerprint density at radius 1 is 1.00 bits per heavy atom. The molecule has 0 fully saturated rings. The van der Waals surface area contributed by atoms with Crippen molar-refractivity contribution in [3.63, 3.8) is 0 Å². The first kappa shape index (κ1) is 16.7. The molecular formula is C21H16N4O2. The highest BCUT2D eigenvalue weighted by molar-refractivity contribution is 5.89. The van der Waals surface area contributed by atoms with Crippen LogP contribution in [0.2, 0.25) is 0 Å². The lowest BCUT2D eigenvalue weighted by Gasteiger charge is -2.14. The second-order valence-electron chi connectivity index (χ2n) is 6.06. The number of nitrogens with zero attached hydrogens (tertiary/aromatic N) is 3. The molecule has 1 N–H and O–H groups in total. The zero-order chi connectivity index (χ0) is 18.8. The maximum Gasteiger partial charge on any atom is 0.266 e. The lowest BCUT2D eigenvalue weighted by Crippen LogP contribution is -2.22. The molecule has 0 unspecified atom stereocenters. The lowest BCUT2D eigenvalue weighted by atomic mass is 10.1. The molecule has 27 heavy (non-hydrogen) atoms. The average Bonchev–Trinajstić information content (AvgIpc) is 2.69. The van der Waals surface area contributed by atoms with Gasteiger partial charge in [-0.05, 0) is 48.5 Å². The number of anilines is 1. The zero-order valence-corrected chi connectivity index (χ0v) is 14.6. The van der Waals surface area contributed by atoms with Crippen molar-refractivity contribution in [3.8, 4) is 17.1 Å². The molecule has 0 atom stereocenters. The van der Waals surface area contributed by atoms with Crippen LogP contribution in [0.15, 0.2) is 77.9 Å². The van der Waals surface area contributed by atoms with Gasteiger partial charge in [0.15, 0.2) is 0 Å². The SMILES string of the molecule is CC(=O)Nc1ccc(-c2nc3ccccc3c(=O)n2-c2cccnc2)cc1. The van der Waals surface area contributed by atoms with Crippen molar-refractivity contribution in [1.82, 2.24) is 14.5 Å². The summed E-state index contributed by atoms with van der Waals surface area (Å²) < 4.78 is 1.56. The topological polar surface area (TPSA) is 76.9 Å². The van der Waals surface area contributed by atoms with E-state index in [1.54, 1.807) is 41.2 Å². The van der Waals surface area contributed by atoms with Gasteiger partial charge < -0.3 is 5.32 Å². The van der Waals surface area contributed by atoms with Crippen LogP contribution in [-0.4, -0.2) is 20.4 Å². The maximum atomic E-state index is 13.2. The number of amides is 1. The number of pyridine rings is 1. The van der Waals surface area contributed by atoms with E-state index in [9.17, 15) is 9.59 Å². The van der Waals surface area contributed by atoms with E-state index in [-0.39, 0.29) is 11.5 Å². The minimum absolute atomic E-state index is 0.140. The number of carbonyl (C=O) groups is 1. The van der Waals surface area contributed by atoms with Crippen molar-refractivity contribution in [2.24, 2.45) is 0 Å². The number of hydrogen-bond acceptors (Lipinski definition) is 4. The first-order chi connectivity index (χ1) is 13.1. The highest BCUT2D eigenvalue weighted by Crippen LogP contribution is 2.23. The minimum Gasteiger partial charge on any atom is -0.326 e. The number of aromatic nitrogens is 3. The lowest BCUT2D eigenvalue weighted by molar-refractivity contribution is -0.114. The molecule has 0 spiro atoms. The minimum atomic E-state index is -0.158. The van der Waals surface area contributed by atoms with Crippen LogP contribution in [0.4, 0.5) is 5.69 Å². The van der Waals surface area contributed by atoms with Crippen LogP contribution in [0, 0.1) is 0 Å². The molecule has 0 radical (unpaired) electrons. The predicted octanol–water partition coefficient (Wildman–Crippen LogP) is 3.41. The van der Waals surface area contributed by atoms with Crippen molar-refractivity contribution in [2.45, 2.75) is 6.92 Å². The van der Waals surface area contributed by atoms with E-state index in [2.05, 4.69) is 10.3 Å². The Morgan fingerprint density at radius 3 is 2.48 bits per heavy atom. The molecule has 0 aliphatic carbocycles. The van der Waals surface area contributed by atoms with Gasteiger partial charge in [-0.1, -0.05) is 12.1 Å². The Bertz CT molecular complexity index is 1180. The number of para-hydroxylation sites is 1. The average molecular weight is 356 g/mol. The van der Waals surface area contributed by atoms with E-state index < -0.39 is 0 Å². The molecule has 0 saturated carbocycles. The van der Waals surface area contributed by atoms with Crippen molar-refractivity contribution >= 4 is 22.5 Å². The van der Waals surface area contributed by atoms with Crippen LogP contribution >= 0.6 is 0 Å². The van der Waals surface area contributed by atoms with E-state index in [0.29, 0.717) is 28.1 Å². The van der Waals surface area contributed by atoms with Crippen LogP contribution in [0.3, 0.4) is 0 Å². The predicted molar refractivity (Wildman–Crippen MR) is 105 cm³/mol. The molecule has 0 aliphatic rings. The molecule has 6 heteroatoms. The Labute approximate surface area is 155 Å². The van der Waals surface area contributed by atoms with Crippen molar-refractivity contribution < 1.29 is 4.79 Å². The number of hydrogen-bond donors (Lipinski definition) is 1. The zero-order valence-electron chi connectivity index (χ0n) is 14.6. The third-order valence-corrected chi connectivity index (χ3v) is 4.14. The van der Waals surface area contributed by atoms with E-state index in [1.807, 2.05) is 36.4 Å². The fraction of sp³-hybridized carbons (Fsp3) is 0.0476. The van der Waals surface area contributed by atoms with Gasteiger partial charge in [-0.2, -0.15) is 0 Å². The summed E-state index contributed by atoms with van der Waals surface area (Å²) in [5, 5.41) is 3.27. The Balaban J connectivity index is 1.96. The quantitative estimate of drug-likeness (QED) is 0.610. The number of fused-ring (bicyclic) bond motifs is 1. The van der Waals surface area contributed by atoms with Crippen LogP contribution in [0.25, 0.3) is 28.0 Å². The Kier molecular flexibility index (Phi) is 4.22. The van der Waals surface area contributed by atoms with Gasteiger partial charge >= 0.3 is 0 Å². The molecule has 2 aromatic carbocycles. The Hall–Kier alpha value is -3.80. The number of carbonyl (C=O) groups excluding carboxylic acids is 1. The highest BCUT2D eigenvalue weighted by Gasteiger charge is 2.14. The standard InChI is InChI=1S/C21H16N4O2/c1-14(26)23-16-10-8-15(9-11-16)20-24-19-7-3-2-6-18(19)21(27)25(20)17-5-4-12-22-13-17/h2-13H,1H3,(H,23,26). The van der Waals surface area contributed by atoms with E-state index in [0.717, 1.165) is 5.56 Å². The third-order valence-electron chi connectivity index (χ3n) is 4.14. The van der Waals surface area contributed by atoms with Gasteiger partial charge in [0.25, 0.3) is 5.56 Å². The van der Waals surface area contributed by atoms with Crippen LogP contribution < -0.4 is 10.9 Å². The van der Waals surface area contributed by atoms with E-state index in [1.165, 1.54) is 6.92 Å². The fourth-order valence-electron chi connectivity index (χ4n) is 2.96. The van der Waals surface area contributed by atoms with Gasteiger partial charge in [-0.15, -0.1) is 0 Å². The van der Waals surface area contributed by atoms with Gasteiger partial charge in [0.2, 0.25) is 5.91 Å². The number of nitrogens with one attached hydrogen (secondary N) is 1. The first-order valence-corrected chi connectivity index (χ1v) is 8.44. The highest BCUT2D eigenvalue weighted by atomic mass is 16.1.